The molecule has 0 saturated carbocycles. The van der Waals surface area contributed by atoms with Crippen LogP contribution in [0.15, 0.2) is 17.4 Å². The number of carbonyl (C=O) groups excluding carboxylic acids is 1. The summed E-state index contributed by atoms with van der Waals surface area (Å²) >= 11 is 1.47. The number of rotatable bonds is 6. The number of anilines is 1. The fourth-order valence-corrected chi connectivity index (χ4v) is 10.7. The van der Waals surface area contributed by atoms with Crippen molar-refractivity contribution in [2.75, 3.05) is 17.8 Å². The molecule has 3 rings (SSSR count). The lowest BCUT2D eigenvalue weighted by Crippen LogP contribution is -2.43. The average Bonchev–Trinajstić information content (AvgIpc) is 3.14. The fraction of sp³-hybridized carbons (Fsp3) is 0.600. The van der Waals surface area contributed by atoms with Gasteiger partial charge in [0.1, 0.15) is 20.5 Å². The molecule has 0 radical (unpaired) electrons. The van der Waals surface area contributed by atoms with Gasteiger partial charge >= 0.3 is 6.09 Å². The maximum atomic E-state index is 12.6. The van der Waals surface area contributed by atoms with Crippen molar-refractivity contribution in [1.82, 2.24) is 15.0 Å². The summed E-state index contributed by atoms with van der Waals surface area (Å²) < 4.78 is 5.38. The lowest BCUT2D eigenvalue weighted by atomic mass is 10.0. The SMILES string of the molecule is CSc1ncc2c(C#C[Si](C(C)C)(C(C)C)C(C)C)cc(N3C(=O)OC[C@H]3C(C)C)nc2n1. The third-order valence-corrected chi connectivity index (χ3v) is 13.8. The highest BCUT2D eigenvalue weighted by Gasteiger charge is 2.42. The topological polar surface area (TPSA) is 68.2 Å². The summed E-state index contributed by atoms with van der Waals surface area (Å²) in [6.07, 6.45) is 3.38. The first-order valence-electron chi connectivity index (χ1n) is 11.7. The molecule has 6 nitrogen and oxygen atoms in total. The van der Waals surface area contributed by atoms with Crippen molar-refractivity contribution in [3.63, 3.8) is 0 Å². The second-order valence-corrected chi connectivity index (χ2v) is 16.4. The number of hydrogen-bond donors (Lipinski definition) is 0. The Morgan fingerprint density at radius 1 is 1.09 bits per heavy atom. The molecule has 0 aromatic carbocycles. The zero-order valence-corrected chi connectivity index (χ0v) is 23.1. The first kappa shape index (κ1) is 25.5. The molecule has 178 valence electrons. The van der Waals surface area contributed by atoms with E-state index >= 15 is 0 Å². The summed E-state index contributed by atoms with van der Waals surface area (Å²) in [4.78, 5) is 28.2. The van der Waals surface area contributed by atoms with Crippen LogP contribution in [0.25, 0.3) is 11.0 Å². The molecule has 1 amide bonds. The highest BCUT2D eigenvalue weighted by Crippen LogP contribution is 2.41. The van der Waals surface area contributed by atoms with Crippen LogP contribution in [0.2, 0.25) is 16.6 Å². The second kappa shape index (κ2) is 10.0. The third kappa shape index (κ3) is 4.76. The lowest BCUT2D eigenvalue weighted by Gasteiger charge is -2.38. The first-order valence-corrected chi connectivity index (χ1v) is 15.2. The van der Waals surface area contributed by atoms with Crippen LogP contribution >= 0.6 is 11.8 Å². The molecule has 3 heterocycles. The Kier molecular flexibility index (Phi) is 7.75. The van der Waals surface area contributed by atoms with Gasteiger partial charge in [-0.15, -0.1) is 5.54 Å². The maximum Gasteiger partial charge on any atom is 0.415 e. The molecule has 1 atom stereocenters. The van der Waals surface area contributed by atoms with Crippen LogP contribution in [0.4, 0.5) is 10.6 Å². The minimum Gasteiger partial charge on any atom is -0.447 e. The van der Waals surface area contributed by atoms with Crippen LogP contribution in [0.1, 0.15) is 61.0 Å². The Balaban J connectivity index is 2.26. The van der Waals surface area contributed by atoms with E-state index < -0.39 is 8.07 Å². The molecule has 0 N–H and O–H groups in total. The van der Waals surface area contributed by atoms with Gasteiger partial charge in [0.25, 0.3) is 0 Å². The molecule has 33 heavy (non-hydrogen) atoms. The molecular formula is C25H36N4O2SSi. The first-order chi connectivity index (χ1) is 15.5. The summed E-state index contributed by atoms with van der Waals surface area (Å²) in [6, 6.07) is 1.85. The highest BCUT2D eigenvalue weighted by molar-refractivity contribution is 7.98. The zero-order valence-electron chi connectivity index (χ0n) is 21.3. The molecular weight excluding hydrogens is 448 g/mol. The summed E-state index contributed by atoms with van der Waals surface area (Å²) in [7, 11) is -1.94. The number of fused-ring (bicyclic) bond motifs is 1. The largest absolute Gasteiger partial charge is 0.447 e. The van der Waals surface area contributed by atoms with Gasteiger partial charge in [-0.1, -0.05) is 73.1 Å². The molecule has 1 saturated heterocycles. The number of ether oxygens (including phenoxy) is 1. The van der Waals surface area contributed by atoms with Crippen LogP contribution in [0, 0.1) is 17.4 Å². The maximum absolute atomic E-state index is 12.6. The minimum absolute atomic E-state index is 0.0689. The number of aromatic nitrogens is 3. The van der Waals surface area contributed by atoms with Gasteiger partial charge in [0.15, 0.2) is 10.8 Å². The van der Waals surface area contributed by atoms with Gasteiger partial charge in [0.2, 0.25) is 0 Å². The predicted molar refractivity (Wildman–Crippen MR) is 139 cm³/mol. The van der Waals surface area contributed by atoms with Crippen molar-refractivity contribution in [1.29, 1.82) is 0 Å². The van der Waals surface area contributed by atoms with Gasteiger partial charge in [-0.05, 0) is 34.9 Å². The molecule has 1 aliphatic rings. The molecule has 2 aromatic heterocycles. The Bertz CT molecular complexity index is 1070. The normalized spacial score (nSPS) is 16.8. The number of hydrogen-bond acceptors (Lipinski definition) is 6. The summed E-state index contributed by atoms with van der Waals surface area (Å²) in [5.74, 6) is 4.32. The number of amides is 1. The molecule has 2 aromatic rings. The van der Waals surface area contributed by atoms with Crippen LogP contribution in [0.3, 0.4) is 0 Å². The molecule has 0 aliphatic carbocycles. The van der Waals surface area contributed by atoms with Crippen LogP contribution in [-0.4, -0.2) is 48.0 Å². The van der Waals surface area contributed by atoms with E-state index in [9.17, 15) is 4.79 Å². The molecule has 0 spiro atoms. The number of thioether (sulfide) groups is 1. The van der Waals surface area contributed by atoms with Crippen molar-refractivity contribution in [3.05, 3.63) is 17.8 Å². The minimum atomic E-state index is -1.94. The van der Waals surface area contributed by atoms with Gasteiger partial charge in [-0.3, -0.25) is 4.90 Å². The van der Waals surface area contributed by atoms with Crippen molar-refractivity contribution < 1.29 is 9.53 Å². The van der Waals surface area contributed by atoms with E-state index in [-0.39, 0.29) is 18.1 Å². The monoisotopic (exact) mass is 484 g/mol. The lowest BCUT2D eigenvalue weighted by molar-refractivity contribution is 0.177. The summed E-state index contributed by atoms with van der Waals surface area (Å²) in [5, 5.41) is 1.46. The summed E-state index contributed by atoms with van der Waals surface area (Å²) in [6.45, 7) is 18.4. The van der Waals surface area contributed by atoms with E-state index in [0.29, 0.717) is 39.9 Å². The fourth-order valence-electron chi connectivity index (χ4n) is 5.10. The highest BCUT2D eigenvalue weighted by atomic mass is 32.2. The van der Waals surface area contributed by atoms with Gasteiger partial charge in [0.05, 0.1) is 11.4 Å². The average molecular weight is 485 g/mol. The number of nitrogens with zero attached hydrogens (tertiary/aromatic N) is 4. The van der Waals surface area contributed by atoms with Crippen molar-refractivity contribution >= 4 is 42.8 Å². The van der Waals surface area contributed by atoms with Crippen LogP contribution in [0.5, 0.6) is 0 Å². The second-order valence-electron chi connectivity index (χ2n) is 10.0. The summed E-state index contributed by atoms with van der Waals surface area (Å²) in [5.41, 5.74) is 6.75. The number of carbonyl (C=O) groups is 1. The van der Waals surface area contributed by atoms with E-state index in [0.717, 1.165) is 10.9 Å². The van der Waals surface area contributed by atoms with E-state index in [1.165, 1.54) is 11.8 Å². The Morgan fingerprint density at radius 2 is 1.73 bits per heavy atom. The van der Waals surface area contributed by atoms with Crippen molar-refractivity contribution in [2.24, 2.45) is 5.92 Å². The Labute approximate surface area is 203 Å². The molecule has 1 aliphatic heterocycles. The van der Waals surface area contributed by atoms with Gasteiger partial charge in [0, 0.05) is 11.8 Å². The van der Waals surface area contributed by atoms with E-state index in [1.807, 2.05) is 12.3 Å². The standard InChI is InChI=1S/C25H36N4O2SSi/c1-15(2)21-14-31-25(30)29(21)22-12-19(20-13-26-24(32-9)28-23(20)27-22)10-11-33(16(3)4,17(5)6)18(7)8/h12-13,15-18,21H,14H2,1-9H3/t21-/m0/s1. The molecule has 8 heteroatoms. The van der Waals surface area contributed by atoms with E-state index in [4.69, 9.17) is 9.72 Å². The van der Waals surface area contributed by atoms with Gasteiger partial charge in [-0.25, -0.2) is 19.7 Å². The zero-order chi connectivity index (χ0) is 24.5. The third-order valence-electron chi connectivity index (χ3n) is 6.92. The van der Waals surface area contributed by atoms with Gasteiger partial charge < -0.3 is 4.74 Å². The van der Waals surface area contributed by atoms with Crippen LogP contribution < -0.4 is 4.90 Å². The quantitative estimate of drug-likeness (QED) is 0.207. The molecule has 1 fully saturated rings. The number of cyclic esters (lactones) is 1. The van der Waals surface area contributed by atoms with E-state index in [2.05, 4.69) is 76.8 Å². The molecule has 0 bridgehead atoms. The van der Waals surface area contributed by atoms with E-state index in [1.54, 1.807) is 11.1 Å². The van der Waals surface area contributed by atoms with Crippen molar-refractivity contribution in [2.45, 2.75) is 83.2 Å². The predicted octanol–water partition coefficient (Wildman–Crippen LogP) is 6.30. The Hall–Kier alpha value is -2.11. The molecule has 0 unspecified atom stereocenters. The van der Waals surface area contributed by atoms with Crippen molar-refractivity contribution in [3.8, 4) is 11.5 Å². The smallest absolute Gasteiger partial charge is 0.415 e. The van der Waals surface area contributed by atoms with Gasteiger partial charge in [-0.2, -0.15) is 0 Å². The number of pyridine rings is 1. The van der Waals surface area contributed by atoms with Crippen LogP contribution in [-0.2, 0) is 4.74 Å². The Morgan fingerprint density at radius 3 is 2.27 bits per heavy atom.